The largest absolute Gasteiger partial charge is 0.461 e. The van der Waals surface area contributed by atoms with Gasteiger partial charge in [-0.25, -0.2) is 0 Å². The van der Waals surface area contributed by atoms with Gasteiger partial charge in [-0.05, 0) is 23.8 Å². The Kier molecular flexibility index (Phi) is 2.39. The number of rotatable bonds is 2. The zero-order valence-corrected chi connectivity index (χ0v) is 10.8. The quantitative estimate of drug-likeness (QED) is 0.765. The monoisotopic (exact) mass is 263 g/mol. The van der Waals surface area contributed by atoms with Gasteiger partial charge >= 0.3 is 0 Å². The van der Waals surface area contributed by atoms with Crippen LogP contribution in [0.5, 0.6) is 0 Å². The van der Waals surface area contributed by atoms with Crippen LogP contribution < -0.4 is 5.32 Å². The van der Waals surface area contributed by atoms with Gasteiger partial charge in [0.25, 0.3) is 0 Å². The van der Waals surface area contributed by atoms with Crippen molar-refractivity contribution in [2.75, 3.05) is 5.32 Å². The molecule has 4 rings (SSSR count). The first-order valence-corrected chi connectivity index (χ1v) is 6.68. The number of hydrogen-bond donors (Lipinski definition) is 1. The van der Waals surface area contributed by atoms with Gasteiger partial charge in [0.15, 0.2) is 0 Å². The molecule has 1 atom stereocenters. The molecule has 0 radical (unpaired) electrons. The Morgan fingerprint density at radius 2 is 1.85 bits per heavy atom. The number of hydrogen-bond acceptors (Lipinski definition) is 2. The fourth-order valence-electron chi connectivity index (χ4n) is 2.82. The Morgan fingerprint density at radius 1 is 1.05 bits per heavy atom. The Bertz CT molecular complexity index is 770. The van der Waals surface area contributed by atoms with E-state index < -0.39 is 0 Å². The smallest absolute Gasteiger partial charge is 0.232 e. The fourth-order valence-corrected chi connectivity index (χ4v) is 2.82. The van der Waals surface area contributed by atoms with Crippen LogP contribution >= 0.6 is 0 Å². The van der Waals surface area contributed by atoms with E-state index in [-0.39, 0.29) is 11.8 Å². The maximum absolute atomic E-state index is 12.1. The van der Waals surface area contributed by atoms with Gasteiger partial charge in [0, 0.05) is 17.5 Å². The van der Waals surface area contributed by atoms with Crippen molar-refractivity contribution in [3.8, 4) is 0 Å². The Balaban J connectivity index is 1.70. The summed E-state index contributed by atoms with van der Waals surface area (Å²) in [6.07, 6.45) is 0.595. The molecule has 3 heteroatoms. The molecule has 1 N–H and O–H groups in total. The molecule has 3 nitrogen and oxygen atoms in total. The topological polar surface area (TPSA) is 42.2 Å². The molecule has 98 valence electrons. The van der Waals surface area contributed by atoms with Crippen molar-refractivity contribution in [3.63, 3.8) is 0 Å². The van der Waals surface area contributed by atoms with Gasteiger partial charge in [-0.2, -0.15) is 0 Å². The molecule has 1 amide bonds. The summed E-state index contributed by atoms with van der Waals surface area (Å²) < 4.78 is 5.81. The number of anilines is 1. The van der Waals surface area contributed by atoms with Crippen LogP contribution in [-0.2, 0) is 11.2 Å². The maximum Gasteiger partial charge on any atom is 0.232 e. The van der Waals surface area contributed by atoms with Crippen molar-refractivity contribution >= 4 is 22.6 Å². The van der Waals surface area contributed by atoms with Crippen LogP contribution in [0.2, 0.25) is 0 Å². The van der Waals surface area contributed by atoms with E-state index in [2.05, 4.69) is 5.32 Å². The molecule has 0 saturated carbocycles. The van der Waals surface area contributed by atoms with Crippen molar-refractivity contribution in [2.45, 2.75) is 12.3 Å². The summed E-state index contributed by atoms with van der Waals surface area (Å²) in [6, 6.07) is 17.8. The lowest BCUT2D eigenvalue weighted by molar-refractivity contribution is -0.117. The first kappa shape index (κ1) is 11.3. The molecule has 0 unspecified atom stereocenters. The molecule has 3 aromatic rings. The third-order valence-electron chi connectivity index (χ3n) is 3.79. The van der Waals surface area contributed by atoms with Crippen LogP contribution in [-0.4, -0.2) is 5.91 Å². The second-order valence-corrected chi connectivity index (χ2v) is 5.08. The highest BCUT2D eigenvalue weighted by Crippen LogP contribution is 2.35. The SMILES string of the molecule is O=C1Nc2ccccc2[C@H]1Cc1cc2ccccc2o1. The minimum Gasteiger partial charge on any atom is -0.461 e. The number of para-hydroxylation sites is 2. The van der Waals surface area contributed by atoms with Gasteiger partial charge in [0.1, 0.15) is 11.3 Å². The number of carbonyl (C=O) groups is 1. The second-order valence-electron chi connectivity index (χ2n) is 5.08. The van der Waals surface area contributed by atoms with Gasteiger partial charge in [0.05, 0.1) is 5.92 Å². The first-order valence-electron chi connectivity index (χ1n) is 6.68. The molecule has 1 aromatic heterocycles. The van der Waals surface area contributed by atoms with E-state index in [1.54, 1.807) is 0 Å². The van der Waals surface area contributed by atoms with Crippen LogP contribution in [0.1, 0.15) is 17.2 Å². The molecule has 0 bridgehead atoms. The van der Waals surface area contributed by atoms with E-state index in [0.29, 0.717) is 6.42 Å². The summed E-state index contributed by atoms with van der Waals surface area (Å²) in [5.41, 5.74) is 2.84. The summed E-state index contributed by atoms with van der Waals surface area (Å²) in [6.45, 7) is 0. The Morgan fingerprint density at radius 3 is 2.75 bits per heavy atom. The van der Waals surface area contributed by atoms with Crippen molar-refractivity contribution in [3.05, 3.63) is 65.9 Å². The maximum atomic E-state index is 12.1. The van der Waals surface area contributed by atoms with Crippen LogP contribution in [0.15, 0.2) is 59.0 Å². The zero-order chi connectivity index (χ0) is 13.5. The number of amides is 1. The van der Waals surface area contributed by atoms with Crippen molar-refractivity contribution < 1.29 is 9.21 Å². The van der Waals surface area contributed by atoms with Gasteiger partial charge in [0.2, 0.25) is 5.91 Å². The van der Waals surface area contributed by atoms with E-state index in [4.69, 9.17) is 4.42 Å². The van der Waals surface area contributed by atoms with Gasteiger partial charge in [-0.15, -0.1) is 0 Å². The van der Waals surface area contributed by atoms with E-state index >= 15 is 0 Å². The highest BCUT2D eigenvalue weighted by atomic mass is 16.3. The third-order valence-corrected chi connectivity index (χ3v) is 3.79. The van der Waals surface area contributed by atoms with E-state index in [0.717, 1.165) is 28.0 Å². The van der Waals surface area contributed by atoms with Crippen LogP contribution in [0.25, 0.3) is 11.0 Å². The lowest BCUT2D eigenvalue weighted by atomic mass is 9.96. The predicted octanol–water partition coefficient (Wildman–Crippen LogP) is 3.71. The standard InChI is InChI=1S/C17H13NO2/c19-17-14(13-6-2-3-7-15(13)18-17)10-12-9-11-5-1-4-8-16(11)20-12/h1-9,14H,10H2,(H,18,19)/t14-/m1/s1. The number of nitrogens with one attached hydrogen (secondary N) is 1. The van der Waals surface area contributed by atoms with Gasteiger partial charge < -0.3 is 9.73 Å². The Labute approximate surface area is 116 Å². The lowest BCUT2D eigenvalue weighted by Crippen LogP contribution is -2.13. The van der Waals surface area contributed by atoms with Gasteiger partial charge in [-0.1, -0.05) is 36.4 Å². The molecular formula is C17H13NO2. The molecule has 20 heavy (non-hydrogen) atoms. The Hall–Kier alpha value is -2.55. The summed E-state index contributed by atoms with van der Waals surface area (Å²) in [7, 11) is 0. The molecule has 0 fully saturated rings. The van der Waals surface area contributed by atoms with Gasteiger partial charge in [-0.3, -0.25) is 4.79 Å². The third kappa shape index (κ3) is 1.71. The highest BCUT2D eigenvalue weighted by Gasteiger charge is 2.31. The molecule has 0 spiro atoms. The fraction of sp³-hybridized carbons (Fsp3) is 0.118. The molecule has 1 aliphatic rings. The van der Waals surface area contributed by atoms with E-state index in [1.165, 1.54) is 0 Å². The average molecular weight is 263 g/mol. The normalized spacial score (nSPS) is 17.2. The summed E-state index contributed by atoms with van der Waals surface area (Å²) in [5, 5.41) is 4.00. The molecule has 2 heterocycles. The predicted molar refractivity (Wildman–Crippen MR) is 77.7 cm³/mol. The van der Waals surface area contributed by atoms with Crippen LogP contribution in [0.4, 0.5) is 5.69 Å². The van der Waals surface area contributed by atoms with Crippen molar-refractivity contribution in [1.29, 1.82) is 0 Å². The number of benzene rings is 2. The molecule has 1 aliphatic heterocycles. The highest BCUT2D eigenvalue weighted by molar-refractivity contribution is 6.03. The lowest BCUT2D eigenvalue weighted by Gasteiger charge is -2.05. The molecular weight excluding hydrogens is 250 g/mol. The van der Waals surface area contributed by atoms with E-state index in [1.807, 2.05) is 54.6 Å². The molecule has 0 saturated heterocycles. The summed E-state index contributed by atoms with van der Waals surface area (Å²) in [4.78, 5) is 12.1. The minimum atomic E-state index is -0.160. The number of fused-ring (bicyclic) bond motifs is 2. The average Bonchev–Trinajstić information content (AvgIpc) is 3.00. The van der Waals surface area contributed by atoms with Crippen LogP contribution in [0.3, 0.4) is 0 Å². The zero-order valence-electron chi connectivity index (χ0n) is 10.8. The van der Waals surface area contributed by atoms with E-state index in [9.17, 15) is 4.79 Å². The summed E-state index contributed by atoms with van der Waals surface area (Å²) >= 11 is 0. The number of carbonyl (C=O) groups excluding carboxylic acids is 1. The molecule has 0 aliphatic carbocycles. The molecule has 2 aromatic carbocycles. The van der Waals surface area contributed by atoms with Crippen LogP contribution in [0, 0.1) is 0 Å². The summed E-state index contributed by atoms with van der Waals surface area (Å²) in [5.74, 6) is 0.737. The number of furan rings is 1. The van der Waals surface area contributed by atoms with Crippen molar-refractivity contribution in [1.82, 2.24) is 0 Å². The second kappa shape index (κ2) is 4.23. The first-order chi connectivity index (χ1) is 9.81. The van der Waals surface area contributed by atoms with Crippen molar-refractivity contribution in [2.24, 2.45) is 0 Å². The minimum absolute atomic E-state index is 0.0478.